The molecule has 1 aromatic heterocycles. The van der Waals surface area contributed by atoms with Gasteiger partial charge in [0.15, 0.2) is 0 Å². The van der Waals surface area contributed by atoms with Crippen molar-refractivity contribution in [2.45, 2.75) is 6.04 Å². The summed E-state index contributed by atoms with van der Waals surface area (Å²) in [6.45, 7) is 3.23. The van der Waals surface area contributed by atoms with Crippen LogP contribution in [0.1, 0.15) is 27.5 Å². The summed E-state index contributed by atoms with van der Waals surface area (Å²) in [6, 6.07) is 19.4. The van der Waals surface area contributed by atoms with Gasteiger partial charge in [-0.25, -0.2) is 0 Å². The molecule has 0 atom stereocenters. The molecule has 4 nitrogen and oxygen atoms in total. The van der Waals surface area contributed by atoms with Crippen molar-refractivity contribution in [3.05, 3.63) is 83.8 Å². The monoisotopic (exact) mass is 344 g/mol. The van der Waals surface area contributed by atoms with Crippen molar-refractivity contribution in [2.75, 3.05) is 26.2 Å². The van der Waals surface area contributed by atoms with Crippen molar-refractivity contribution in [3.63, 3.8) is 0 Å². The zero-order chi connectivity index (χ0) is 17.5. The third-order valence-corrected chi connectivity index (χ3v) is 5.54. The molecule has 0 radical (unpaired) electrons. The van der Waals surface area contributed by atoms with Gasteiger partial charge in [-0.1, -0.05) is 48.5 Å². The maximum atomic E-state index is 12.5. The van der Waals surface area contributed by atoms with Crippen molar-refractivity contribution in [2.24, 2.45) is 0 Å². The fraction of sp³-hybridized carbons (Fsp3) is 0.227. The van der Waals surface area contributed by atoms with Gasteiger partial charge in [-0.15, -0.1) is 0 Å². The molecule has 1 saturated heterocycles. The zero-order valence-corrected chi connectivity index (χ0v) is 14.5. The molecule has 4 heteroatoms. The lowest BCUT2D eigenvalue weighted by molar-refractivity contribution is 0.0599. The highest BCUT2D eigenvalue weighted by Crippen LogP contribution is 2.46. The van der Waals surface area contributed by atoms with Gasteiger partial charge < -0.3 is 9.32 Å². The number of rotatable bonds is 2. The van der Waals surface area contributed by atoms with Crippen molar-refractivity contribution < 1.29 is 9.21 Å². The minimum absolute atomic E-state index is 0.0608. The Kier molecular flexibility index (Phi) is 3.64. The fourth-order valence-corrected chi connectivity index (χ4v) is 4.27. The summed E-state index contributed by atoms with van der Waals surface area (Å²) >= 11 is 0. The van der Waals surface area contributed by atoms with Crippen molar-refractivity contribution in [3.8, 4) is 11.1 Å². The standard InChI is InChI=1S/C22H20N2O2/c25-22(16-9-14-26-15-16)24-12-10-23(11-13-24)21-19-7-3-1-5-17(19)18-6-2-4-8-20(18)21/h1-9,14-15,21H,10-13H2. The molecule has 26 heavy (non-hydrogen) atoms. The van der Waals surface area contributed by atoms with E-state index in [1.165, 1.54) is 28.5 Å². The Hall–Kier alpha value is -2.85. The number of carbonyl (C=O) groups excluding carboxylic acids is 1. The minimum Gasteiger partial charge on any atom is -0.472 e. The molecule has 0 bridgehead atoms. The highest BCUT2D eigenvalue weighted by atomic mass is 16.3. The first-order chi connectivity index (χ1) is 12.8. The van der Waals surface area contributed by atoms with Crippen LogP contribution in [0.2, 0.25) is 0 Å². The average Bonchev–Trinajstić information content (AvgIpc) is 3.34. The number of piperazine rings is 1. The molecule has 0 N–H and O–H groups in total. The first kappa shape index (κ1) is 15.4. The highest BCUT2D eigenvalue weighted by molar-refractivity contribution is 5.93. The maximum Gasteiger partial charge on any atom is 0.257 e. The van der Waals surface area contributed by atoms with Gasteiger partial charge in [0.1, 0.15) is 6.26 Å². The number of hydrogen-bond donors (Lipinski definition) is 0. The molecule has 1 amide bonds. The third-order valence-electron chi connectivity index (χ3n) is 5.54. The van der Waals surface area contributed by atoms with E-state index in [2.05, 4.69) is 53.4 Å². The van der Waals surface area contributed by atoms with Crippen molar-refractivity contribution in [1.29, 1.82) is 0 Å². The van der Waals surface area contributed by atoms with Crippen molar-refractivity contribution >= 4 is 5.91 Å². The SMILES string of the molecule is O=C(c1ccoc1)N1CCN(C2c3ccccc3-c3ccccc32)CC1. The van der Waals surface area contributed by atoms with Crippen LogP contribution in [0.3, 0.4) is 0 Å². The van der Waals surface area contributed by atoms with Crippen LogP contribution in [0.15, 0.2) is 71.5 Å². The molecule has 3 aromatic rings. The van der Waals surface area contributed by atoms with Crippen LogP contribution in [-0.4, -0.2) is 41.9 Å². The normalized spacial score (nSPS) is 17.2. The van der Waals surface area contributed by atoms with E-state index >= 15 is 0 Å². The van der Waals surface area contributed by atoms with E-state index in [0.29, 0.717) is 5.56 Å². The van der Waals surface area contributed by atoms with Gasteiger partial charge in [0.05, 0.1) is 17.9 Å². The molecular weight excluding hydrogens is 324 g/mol. The van der Waals surface area contributed by atoms with E-state index in [1.54, 1.807) is 12.3 Å². The van der Waals surface area contributed by atoms with E-state index in [4.69, 9.17) is 4.42 Å². The molecule has 0 unspecified atom stereocenters. The van der Waals surface area contributed by atoms with Gasteiger partial charge >= 0.3 is 0 Å². The summed E-state index contributed by atoms with van der Waals surface area (Å²) in [7, 11) is 0. The Bertz CT molecular complexity index is 895. The second kappa shape index (κ2) is 6.15. The Balaban J connectivity index is 1.39. The highest BCUT2D eigenvalue weighted by Gasteiger charge is 2.34. The first-order valence-electron chi connectivity index (χ1n) is 9.06. The number of carbonyl (C=O) groups is 1. The summed E-state index contributed by atoms with van der Waals surface area (Å²) in [6.07, 6.45) is 3.08. The topological polar surface area (TPSA) is 36.7 Å². The number of benzene rings is 2. The first-order valence-corrected chi connectivity index (χ1v) is 9.06. The molecule has 5 rings (SSSR count). The molecule has 130 valence electrons. The number of nitrogens with zero attached hydrogens (tertiary/aromatic N) is 2. The van der Waals surface area contributed by atoms with Crippen LogP contribution in [0.5, 0.6) is 0 Å². The van der Waals surface area contributed by atoms with Crippen LogP contribution < -0.4 is 0 Å². The molecule has 1 aliphatic heterocycles. The van der Waals surface area contributed by atoms with E-state index < -0.39 is 0 Å². The molecule has 1 fully saturated rings. The summed E-state index contributed by atoms with van der Waals surface area (Å²) in [5.41, 5.74) is 6.07. The minimum atomic E-state index is 0.0608. The molecular formula is C22H20N2O2. The number of fused-ring (bicyclic) bond motifs is 3. The lowest BCUT2D eigenvalue weighted by Gasteiger charge is -2.38. The van der Waals surface area contributed by atoms with E-state index in [9.17, 15) is 4.79 Å². The van der Waals surface area contributed by atoms with Crippen LogP contribution in [0.25, 0.3) is 11.1 Å². The van der Waals surface area contributed by atoms with Crippen molar-refractivity contribution in [1.82, 2.24) is 9.80 Å². The van der Waals surface area contributed by atoms with Gasteiger partial charge in [-0.2, -0.15) is 0 Å². The van der Waals surface area contributed by atoms with Crippen LogP contribution >= 0.6 is 0 Å². The van der Waals surface area contributed by atoms with E-state index in [-0.39, 0.29) is 11.9 Å². The Morgan fingerprint density at radius 1 is 0.846 bits per heavy atom. The number of furan rings is 1. The van der Waals surface area contributed by atoms with Crippen LogP contribution in [-0.2, 0) is 0 Å². The Morgan fingerprint density at radius 2 is 1.46 bits per heavy atom. The van der Waals surface area contributed by atoms with Crippen LogP contribution in [0.4, 0.5) is 0 Å². The number of hydrogen-bond acceptors (Lipinski definition) is 3. The lowest BCUT2D eigenvalue weighted by Crippen LogP contribution is -2.49. The Labute approximate surface area is 152 Å². The predicted octanol–water partition coefficient (Wildman–Crippen LogP) is 3.81. The average molecular weight is 344 g/mol. The summed E-state index contributed by atoms with van der Waals surface area (Å²) in [4.78, 5) is 17.0. The second-order valence-corrected chi connectivity index (χ2v) is 6.92. The van der Waals surface area contributed by atoms with Gasteiger partial charge in [0, 0.05) is 26.2 Å². The zero-order valence-electron chi connectivity index (χ0n) is 14.5. The molecule has 2 aliphatic rings. The maximum absolute atomic E-state index is 12.5. The summed E-state index contributed by atoms with van der Waals surface area (Å²) < 4.78 is 5.05. The predicted molar refractivity (Wildman–Crippen MR) is 99.9 cm³/mol. The van der Waals surface area contributed by atoms with Gasteiger partial charge in [-0.3, -0.25) is 9.69 Å². The summed E-state index contributed by atoms with van der Waals surface area (Å²) in [5, 5.41) is 0. The lowest BCUT2D eigenvalue weighted by atomic mass is 10.0. The molecule has 0 spiro atoms. The van der Waals surface area contributed by atoms with Gasteiger partial charge in [0.2, 0.25) is 0 Å². The fourth-order valence-electron chi connectivity index (χ4n) is 4.27. The van der Waals surface area contributed by atoms with E-state index in [1.807, 2.05) is 4.90 Å². The number of amides is 1. The van der Waals surface area contributed by atoms with Gasteiger partial charge in [0.25, 0.3) is 5.91 Å². The molecule has 2 heterocycles. The largest absolute Gasteiger partial charge is 0.472 e. The molecule has 2 aromatic carbocycles. The quantitative estimate of drug-likeness (QED) is 0.709. The third kappa shape index (κ3) is 2.37. The molecule has 1 aliphatic carbocycles. The van der Waals surface area contributed by atoms with Crippen LogP contribution in [0, 0.1) is 0 Å². The Morgan fingerprint density at radius 3 is 2.04 bits per heavy atom. The smallest absolute Gasteiger partial charge is 0.257 e. The second-order valence-electron chi connectivity index (χ2n) is 6.92. The van der Waals surface area contributed by atoms with E-state index in [0.717, 1.165) is 26.2 Å². The van der Waals surface area contributed by atoms with Gasteiger partial charge in [-0.05, 0) is 28.3 Å². The summed E-state index contributed by atoms with van der Waals surface area (Å²) in [5.74, 6) is 0.0608. The molecule has 0 saturated carbocycles.